The number of amides is 1. The molecule has 128 valence electrons. The summed E-state index contributed by atoms with van der Waals surface area (Å²) in [5.74, 6) is -0.735. The first kappa shape index (κ1) is 17.1. The highest BCUT2D eigenvalue weighted by Crippen LogP contribution is 2.28. The van der Waals surface area contributed by atoms with E-state index in [9.17, 15) is 9.59 Å². The van der Waals surface area contributed by atoms with Gasteiger partial charge < -0.3 is 10.0 Å². The van der Waals surface area contributed by atoms with Crippen LogP contribution in [0.25, 0.3) is 9.88 Å². The maximum absolute atomic E-state index is 12.7. The SMILES string of the molecule is O=C(O)CCC1CCCCN1C(=O)Cc1csc(-c2cccs2)n1. The van der Waals surface area contributed by atoms with Gasteiger partial charge >= 0.3 is 5.97 Å². The van der Waals surface area contributed by atoms with Crippen LogP contribution < -0.4 is 0 Å². The molecule has 2 aromatic rings. The molecule has 1 N–H and O–H groups in total. The van der Waals surface area contributed by atoms with Crippen molar-refractivity contribution < 1.29 is 14.7 Å². The molecule has 1 fully saturated rings. The minimum absolute atomic E-state index is 0.0535. The van der Waals surface area contributed by atoms with Crippen molar-refractivity contribution in [2.75, 3.05) is 6.54 Å². The molecule has 3 heterocycles. The van der Waals surface area contributed by atoms with Gasteiger partial charge in [0.2, 0.25) is 5.91 Å². The lowest BCUT2D eigenvalue weighted by atomic mass is 9.97. The maximum Gasteiger partial charge on any atom is 0.303 e. The van der Waals surface area contributed by atoms with Crippen molar-refractivity contribution in [3.05, 3.63) is 28.6 Å². The van der Waals surface area contributed by atoms with Gasteiger partial charge in [-0.15, -0.1) is 22.7 Å². The van der Waals surface area contributed by atoms with Gasteiger partial charge in [-0.05, 0) is 37.1 Å². The third kappa shape index (κ3) is 4.21. The summed E-state index contributed by atoms with van der Waals surface area (Å²) in [4.78, 5) is 31.0. The molecule has 0 aliphatic carbocycles. The van der Waals surface area contributed by atoms with Crippen LogP contribution >= 0.6 is 22.7 Å². The first-order chi connectivity index (χ1) is 11.6. The predicted molar refractivity (Wildman–Crippen MR) is 95.4 cm³/mol. The second-order valence-corrected chi connectivity index (χ2v) is 7.77. The molecule has 1 unspecified atom stereocenters. The van der Waals surface area contributed by atoms with E-state index >= 15 is 0 Å². The largest absolute Gasteiger partial charge is 0.481 e. The van der Waals surface area contributed by atoms with Crippen molar-refractivity contribution >= 4 is 34.6 Å². The van der Waals surface area contributed by atoms with E-state index in [0.717, 1.165) is 41.4 Å². The Morgan fingerprint density at radius 1 is 1.33 bits per heavy atom. The summed E-state index contributed by atoms with van der Waals surface area (Å²) in [6.07, 6.45) is 3.91. The molecule has 7 heteroatoms. The number of carbonyl (C=O) groups is 2. The van der Waals surface area contributed by atoms with Crippen molar-refractivity contribution in [1.82, 2.24) is 9.88 Å². The number of carboxylic acids is 1. The Morgan fingerprint density at radius 2 is 2.21 bits per heavy atom. The third-order valence-electron chi connectivity index (χ3n) is 4.25. The van der Waals surface area contributed by atoms with Crippen LogP contribution in [0.15, 0.2) is 22.9 Å². The number of piperidine rings is 1. The topological polar surface area (TPSA) is 70.5 Å². The molecular weight excluding hydrogens is 344 g/mol. The predicted octanol–water partition coefficient (Wildman–Crippen LogP) is 3.66. The number of aromatic nitrogens is 1. The van der Waals surface area contributed by atoms with Crippen LogP contribution in [0.4, 0.5) is 0 Å². The Bertz CT molecular complexity index is 697. The molecule has 1 aliphatic heterocycles. The molecule has 3 rings (SSSR count). The summed E-state index contributed by atoms with van der Waals surface area (Å²) in [5.41, 5.74) is 0.802. The van der Waals surface area contributed by atoms with Gasteiger partial charge in [-0.25, -0.2) is 4.98 Å². The molecule has 1 amide bonds. The Labute approximate surface area is 149 Å². The first-order valence-corrected chi connectivity index (χ1v) is 9.89. The second kappa shape index (κ2) is 7.90. The summed E-state index contributed by atoms with van der Waals surface area (Å²) in [7, 11) is 0. The zero-order chi connectivity index (χ0) is 16.9. The molecule has 1 atom stereocenters. The highest BCUT2D eigenvalue weighted by Gasteiger charge is 2.27. The fourth-order valence-corrected chi connectivity index (χ4v) is 4.71. The number of carbonyl (C=O) groups excluding carboxylic acids is 1. The summed E-state index contributed by atoms with van der Waals surface area (Å²) >= 11 is 3.20. The van der Waals surface area contributed by atoms with Gasteiger partial charge in [-0.2, -0.15) is 0 Å². The lowest BCUT2D eigenvalue weighted by molar-refractivity contribution is -0.139. The third-order valence-corrected chi connectivity index (χ3v) is 6.19. The lowest BCUT2D eigenvalue weighted by Crippen LogP contribution is -2.44. The molecule has 5 nitrogen and oxygen atoms in total. The molecule has 1 saturated heterocycles. The molecule has 0 bridgehead atoms. The van der Waals surface area contributed by atoms with Crippen LogP contribution in [0.1, 0.15) is 37.8 Å². The Balaban J connectivity index is 1.63. The Hall–Kier alpha value is -1.73. The summed E-state index contributed by atoms with van der Waals surface area (Å²) in [6.45, 7) is 0.727. The van der Waals surface area contributed by atoms with Crippen LogP contribution in [0.2, 0.25) is 0 Å². The van der Waals surface area contributed by atoms with E-state index in [0.29, 0.717) is 12.8 Å². The van der Waals surface area contributed by atoms with Crippen LogP contribution in [-0.2, 0) is 16.0 Å². The first-order valence-electron chi connectivity index (χ1n) is 8.13. The molecule has 1 aliphatic rings. The van der Waals surface area contributed by atoms with Gasteiger partial charge in [0.15, 0.2) is 0 Å². The highest BCUT2D eigenvalue weighted by atomic mass is 32.1. The molecule has 0 saturated carbocycles. The number of hydrogen-bond donors (Lipinski definition) is 1. The van der Waals surface area contributed by atoms with Gasteiger partial charge in [0.25, 0.3) is 0 Å². The summed E-state index contributed by atoms with van der Waals surface area (Å²) in [5, 5.41) is 13.8. The number of aliphatic carboxylic acids is 1. The zero-order valence-corrected chi connectivity index (χ0v) is 14.9. The lowest BCUT2D eigenvalue weighted by Gasteiger charge is -2.35. The minimum atomic E-state index is -0.798. The monoisotopic (exact) mass is 364 g/mol. The molecule has 0 spiro atoms. The average molecular weight is 364 g/mol. The summed E-state index contributed by atoms with van der Waals surface area (Å²) in [6, 6.07) is 4.08. The fourth-order valence-electron chi connectivity index (χ4n) is 3.08. The van der Waals surface area contributed by atoms with E-state index in [1.807, 2.05) is 27.8 Å². The molecule has 24 heavy (non-hydrogen) atoms. The number of nitrogens with zero attached hydrogens (tertiary/aromatic N) is 2. The summed E-state index contributed by atoms with van der Waals surface area (Å²) < 4.78 is 0. The average Bonchev–Trinajstić information content (AvgIpc) is 3.24. The van der Waals surface area contributed by atoms with Gasteiger partial charge in [0.1, 0.15) is 5.01 Å². The second-order valence-electron chi connectivity index (χ2n) is 5.97. The Morgan fingerprint density at radius 3 is 2.96 bits per heavy atom. The highest BCUT2D eigenvalue weighted by molar-refractivity contribution is 7.20. The molecular formula is C17H20N2O3S2. The van der Waals surface area contributed by atoms with Crippen LogP contribution in [-0.4, -0.2) is 39.5 Å². The fraction of sp³-hybridized carbons (Fsp3) is 0.471. The van der Waals surface area contributed by atoms with Gasteiger partial charge in [0.05, 0.1) is 17.0 Å². The van der Waals surface area contributed by atoms with Crippen molar-refractivity contribution in [3.63, 3.8) is 0 Å². The number of hydrogen-bond acceptors (Lipinski definition) is 5. The normalized spacial score (nSPS) is 17.8. The molecule has 0 radical (unpaired) electrons. The van der Waals surface area contributed by atoms with Crippen molar-refractivity contribution in [2.24, 2.45) is 0 Å². The minimum Gasteiger partial charge on any atom is -0.481 e. The van der Waals surface area contributed by atoms with E-state index in [1.165, 1.54) is 0 Å². The van der Waals surface area contributed by atoms with Crippen LogP contribution in [0.3, 0.4) is 0 Å². The number of thiophene rings is 1. The van der Waals surface area contributed by atoms with Gasteiger partial charge in [0, 0.05) is 24.4 Å². The standard InChI is InChI=1S/C17H20N2O3S2/c20-15(19-8-2-1-4-13(19)6-7-16(21)22)10-12-11-24-17(18-12)14-5-3-9-23-14/h3,5,9,11,13H,1-2,4,6-8,10H2,(H,21,22). The van der Waals surface area contributed by atoms with Crippen LogP contribution in [0, 0.1) is 0 Å². The number of rotatable bonds is 6. The number of likely N-dealkylation sites (tertiary alicyclic amines) is 1. The van der Waals surface area contributed by atoms with E-state index in [1.54, 1.807) is 22.7 Å². The molecule has 0 aromatic carbocycles. The maximum atomic E-state index is 12.7. The van der Waals surface area contributed by atoms with Gasteiger partial charge in [-0.1, -0.05) is 6.07 Å². The zero-order valence-electron chi connectivity index (χ0n) is 13.3. The number of thiazole rings is 1. The quantitative estimate of drug-likeness (QED) is 0.849. The van der Waals surface area contributed by atoms with E-state index < -0.39 is 5.97 Å². The number of carboxylic acid groups (broad SMARTS) is 1. The Kier molecular flexibility index (Phi) is 5.63. The van der Waals surface area contributed by atoms with E-state index in [-0.39, 0.29) is 18.4 Å². The van der Waals surface area contributed by atoms with E-state index in [2.05, 4.69) is 4.98 Å². The molecule has 2 aromatic heterocycles. The smallest absolute Gasteiger partial charge is 0.303 e. The van der Waals surface area contributed by atoms with Crippen molar-refractivity contribution in [2.45, 2.75) is 44.6 Å². The van der Waals surface area contributed by atoms with Gasteiger partial charge in [-0.3, -0.25) is 9.59 Å². The van der Waals surface area contributed by atoms with E-state index in [4.69, 9.17) is 5.11 Å². The van der Waals surface area contributed by atoms with Crippen molar-refractivity contribution in [3.8, 4) is 9.88 Å². The van der Waals surface area contributed by atoms with Crippen molar-refractivity contribution in [1.29, 1.82) is 0 Å². The van der Waals surface area contributed by atoms with Crippen LogP contribution in [0.5, 0.6) is 0 Å².